The molecule has 4 heteroatoms. The van der Waals surface area contributed by atoms with Crippen LogP contribution in [-0.2, 0) is 4.79 Å². The van der Waals surface area contributed by atoms with Gasteiger partial charge in [-0.05, 0) is 12.1 Å². The van der Waals surface area contributed by atoms with Crippen LogP contribution in [0.25, 0.3) is 0 Å². The van der Waals surface area contributed by atoms with Gasteiger partial charge in [-0.3, -0.25) is 4.79 Å². The second kappa shape index (κ2) is 6.02. The molecule has 0 fully saturated rings. The van der Waals surface area contributed by atoms with Crippen LogP contribution in [0.15, 0.2) is 30.3 Å². The first-order valence-corrected chi connectivity index (χ1v) is 3.68. The van der Waals surface area contributed by atoms with Gasteiger partial charge in [0, 0.05) is 42.3 Å². The number of aliphatic carboxylic acids is 1. The molecule has 0 atom stereocenters. The quantitative estimate of drug-likeness (QED) is 0.714. The number of likely N-dealkylation sites (N-methyl/N-ethyl adjacent to an activating group) is 1. The first kappa shape index (κ1) is 12.5. The minimum atomic E-state index is -0.818. The maximum atomic E-state index is 10.3. The Bertz CT molecular complexity index is 264. The average Bonchev–Trinajstić information content (AvgIpc) is 2.05. The Balaban J connectivity index is 0.00000144. The van der Waals surface area contributed by atoms with E-state index in [4.69, 9.17) is 5.11 Å². The molecular formula is C9H11NNaO2. The van der Waals surface area contributed by atoms with Crippen molar-refractivity contribution < 1.29 is 9.90 Å². The van der Waals surface area contributed by atoms with Crippen molar-refractivity contribution in [1.29, 1.82) is 0 Å². The molecule has 1 radical (unpaired) electrons. The van der Waals surface area contributed by atoms with E-state index in [1.165, 1.54) is 0 Å². The molecule has 65 valence electrons. The second-order valence-corrected chi connectivity index (χ2v) is 2.59. The molecule has 0 saturated heterocycles. The molecule has 13 heavy (non-hydrogen) atoms. The summed E-state index contributed by atoms with van der Waals surface area (Å²) in [5, 5.41) is 8.50. The number of benzene rings is 1. The molecule has 0 saturated carbocycles. The van der Waals surface area contributed by atoms with E-state index >= 15 is 0 Å². The third-order valence-corrected chi connectivity index (χ3v) is 1.57. The molecule has 0 aliphatic rings. The van der Waals surface area contributed by atoms with Gasteiger partial charge in [-0.2, -0.15) is 0 Å². The summed E-state index contributed by atoms with van der Waals surface area (Å²) in [5.74, 6) is -0.818. The van der Waals surface area contributed by atoms with E-state index in [-0.39, 0.29) is 36.1 Å². The zero-order valence-electron chi connectivity index (χ0n) is 7.90. The van der Waals surface area contributed by atoms with E-state index in [1.807, 2.05) is 30.3 Å². The molecule has 3 nitrogen and oxygen atoms in total. The largest absolute Gasteiger partial charge is 0.480 e. The van der Waals surface area contributed by atoms with Crippen LogP contribution in [-0.4, -0.2) is 54.2 Å². The van der Waals surface area contributed by atoms with Crippen molar-refractivity contribution in [1.82, 2.24) is 0 Å². The van der Waals surface area contributed by atoms with Crippen molar-refractivity contribution in [3.8, 4) is 0 Å². The van der Waals surface area contributed by atoms with Crippen LogP contribution in [0.5, 0.6) is 0 Å². The van der Waals surface area contributed by atoms with Gasteiger partial charge in [0.2, 0.25) is 0 Å². The molecule has 0 heterocycles. The van der Waals surface area contributed by atoms with E-state index in [1.54, 1.807) is 11.9 Å². The Labute approximate surface area is 99.7 Å². The van der Waals surface area contributed by atoms with Crippen molar-refractivity contribution in [3.63, 3.8) is 0 Å². The average molecular weight is 188 g/mol. The van der Waals surface area contributed by atoms with E-state index in [0.29, 0.717) is 0 Å². The van der Waals surface area contributed by atoms with E-state index in [2.05, 4.69) is 0 Å². The monoisotopic (exact) mass is 188 g/mol. The summed E-state index contributed by atoms with van der Waals surface area (Å²) in [5.41, 5.74) is 0.917. The van der Waals surface area contributed by atoms with Crippen LogP contribution in [0.3, 0.4) is 0 Å². The molecule has 0 bridgehead atoms. The fourth-order valence-corrected chi connectivity index (χ4v) is 0.977. The summed E-state index contributed by atoms with van der Waals surface area (Å²) in [6, 6.07) is 9.42. The van der Waals surface area contributed by atoms with Crippen molar-refractivity contribution >= 4 is 41.2 Å². The van der Waals surface area contributed by atoms with Crippen molar-refractivity contribution in [3.05, 3.63) is 30.3 Å². The van der Waals surface area contributed by atoms with Crippen LogP contribution < -0.4 is 4.90 Å². The number of hydrogen-bond donors (Lipinski definition) is 1. The third kappa shape index (κ3) is 4.31. The van der Waals surface area contributed by atoms with Crippen LogP contribution in [0.4, 0.5) is 5.69 Å². The Kier molecular flexibility index (Phi) is 5.79. The fourth-order valence-electron chi connectivity index (χ4n) is 0.977. The second-order valence-electron chi connectivity index (χ2n) is 2.59. The van der Waals surface area contributed by atoms with Gasteiger partial charge in [0.25, 0.3) is 0 Å². The summed E-state index contributed by atoms with van der Waals surface area (Å²) in [4.78, 5) is 12.0. The summed E-state index contributed by atoms with van der Waals surface area (Å²) in [7, 11) is 1.75. The number of para-hydroxylation sites is 1. The van der Waals surface area contributed by atoms with Gasteiger partial charge in [0.1, 0.15) is 6.54 Å². The summed E-state index contributed by atoms with van der Waals surface area (Å²) in [6.45, 7) is 0.0318. The van der Waals surface area contributed by atoms with E-state index in [9.17, 15) is 4.79 Å². The predicted molar refractivity (Wildman–Crippen MR) is 53.1 cm³/mol. The maximum absolute atomic E-state index is 10.3. The summed E-state index contributed by atoms with van der Waals surface area (Å²) in [6.07, 6.45) is 0. The van der Waals surface area contributed by atoms with Gasteiger partial charge < -0.3 is 10.0 Å². The Morgan fingerprint density at radius 1 is 1.38 bits per heavy atom. The van der Waals surface area contributed by atoms with Gasteiger partial charge in [-0.25, -0.2) is 0 Å². The molecule has 0 amide bonds. The zero-order chi connectivity index (χ0) is 8.97. The molecule has 0 aliphatic carbocycles. The topological polar surface area (TPSA) is 40.5 Å². The minimum absolute atomic E-state index is 0. The molecule has 0 spiro atoms. The molecule has 1 N–H and O–H groups in total. The maximum Gasteiger partial charge on any atom is 0.323 e. The van der Waals surface area contributed by atoms with Crippen LogP contribution in [0.2, 0.25) is 0 Å². The molecule has 1 aromatic carbocycles. The zero-order valence-corrected chi connectivity index (χ0v) is 9.90. The van der Waals surface area contributed by atoms with Crippen LogP contribution in [0.1, 0.15) is 0 Å². The summed E-state index contributed by atoms with van der Waals surface area (Å²) >= 11 is 0. The third-order valence-electron chi connectivity index (χ3n) is 1.57. The van der Waals surface area contributed by atoms with Crippen molar-refractivity contribution in [2.45, 2.75) is 0 Å². The van der Waals surface area contributed by atoms with Crippen LogP contribution >= 0.6 is 0 Å². The van der Waals surface area contributed by atoms with Crippen LogP contribution in [0, 0.1) is 0 Å². The molecular weight excluding hydrogens is 177 g/mol. The Morgan fingerprint density at radius 2 is 1.92 bits per heavy atom. The number of rotatable bonds is 3. The van der Waals surface area contributed by atoms with Gasteiger partial charge in [-0.15, -0.1) is 0 Å². The van der Waals surface area contributed by atoms with Gasteiger partial charge in [-0.1, -0.05) is 18.2 Å². The number of carboxylic acid groups (broad SMARTS) is 1. The number of carbonyl (C=O) groups is 1. The Morgan fingerprint density at radius 3 is 2.38 bits per heavy atom. The number of anilines is 1. The van der Waals surface area contributed by atoms with Crippen molar-refractivity contribution in [2.24, 2.45) is 0 Å². The minimum Gasteiger partial charge on any atom is -0.480 e. The fraction of sp³-hybridized carbons (Fsp3) is 0.222. The number of hydrogen-bond acceptors (Lipinski definition) is 2. The van der Waals surface area contributed by atoms with Crippen molar-refractivity contribution in [2.75, 3.05) is 18.5 Å². The first-order valence-electron chi connectivity index (χ1n) is 3.68. The molecule has 0 unspecified atom stereocenters. The van der Waals surface area contributed by atoms with Gasteiger partial charge >= 0.3 is 5.97 Å². The normalized spacial score (nSPS) is 8.69. The smallest absolute Gasteiger partial charge is 0.323 e. The Hall–Kier alpha value is -0.510. The predicted octanol–water partition coefficient (Wildman–Crippen LogP) is 0.827. The molecule has 0 aromatic heterocycles. The number of nitrogens with zero attached hydrogens (tertiary/aromatic N) is 1. The SMILES string of the molecule is CN(CC(=O)O)c1ccccc1.[Na]. The number of carboxylic acids is 1. The standard InChI is InChI=1S/C9H11NO2.Na/c1-10(7-9(11)12)8-5-3-2-4-6-8;/h2-6H,7H2,1H3,(H,11,12);. The van der Waals surface area contributed by atoms with Gasteiger partial charge in [0.05, 0.1) is 0 Å². The molecule has 0 aliphatic heterocycles. The van der Waals surface area contributed by atoms with E-state index < -0.39 is 5.97 Å². The molecule has 1 rings (SSSR count). The summed E-state index contributed by atoms with van der Waals surface area (Å²) < 4.78 is 0. The first-order chi connectivity index (χ1) is 5.70. The molecule has 1 aromatic rings. The van der Waals surface area contributed by atoms with E-state index in [0.717, 1.165) is 5.69 Å². The van der Waals surface area contributed by atoms with Gasteiger partial charge in [0.15, 0.2) is 0 Å².